The lowest BCUT2D eigenvalue weighted by Crippen LogP contribution is -2.12. The van der Waals surface area contributed by atoms with Crippen LogP contribution in [0.5, 0.6) is 5.75 Å². The third kappa shape index (κ3) is 4.90. The van der Waals surface area contributed by atoms with Gasteiger partial charge in [-0.3, -0.25) is 10.1 Å². The Labute approximate surface area is 154 Å². The fourth-order valence-corrected chi connectivity index (χ4v) is 6.28. The second-order valence-electron chi connectivity index (χ2n) is 5.35. The summed E-state index contributed by atoms with van der Waals surface area (Å²) in [6, 6.07) is 12.5. The molecule has 0 saturated carbocycles. The van der Waals surface area contributed by atoms with Crippen LogP contribution < -0.4 is 4.18 Å². The summed E-state index contributed by atoms with van der Waals surface area (Å²) >= 11 is 3.74. The van der Waals surface area contributed by atoms with E-state index >= 15 is 0 Å². The van der Waals surface area contributed by atoms with Crippen molar-refractivity contribution in [2.24, 2.45) is 0 Å². The molecule has 0 amide bonds. The molecule has 0 radical (unpaired) electrons. The Morgan fingerprint density at radius 2 is 1.80 bits per heavy atom. The molecule has 1 saturated heterocycles. The van der Waals surface area contributed by atoms with E-state index in [4.69, 9.17) is 4.18 Å². The van der Waals surface area contributed by atoms with Gasteiger partial charge in [0.05, 0.1) is 9.51 Å². The Balaban J connectivity index is 1.68. The monoisotopic (exact) mass is 397 g/mol. The highest BCUT2D eigenvalue weighted by atomic mass is 32.2. The maximum atomic E-state index is 12.2. The number of nitro groups is 1. The summed E-state index contributed by atoms with van der Waals surface area (Å²) in [6.07, 6.45) is 0. The van der Waals surface area contributed by atoms with Crippen molar-refractivity contribution in [2.45, 2.75) is 10.3 Å². The average Bonchev–Trinajstić information content (AvgIpc) is 3.09. The molecule has 25 heavy (non-hydrogen) atoms. The van der Waals surface area contributed by atoms with Crippen molar-refractivity contribution in [3.63, 3.8) is 0 Å². The minimum Gasteiger partial charge on any atom is -0.382 e. The lowest BCUT2D eigenvalue weighted by Gasteiger charge is -2.10. The van der Waals surface area contributed by atoms with E-state index in [1.165, 1.54) is 24.3 Å². The van der Waals surface area contributed by atoms with Crippen LogP contribution in [-0.4, -0.2) is 24.8 Å². The lowest BCUT2D eigenvalue weighted by molar-refractivity contribution is -0.384. The van der Waals surface area contributed by atoms with Gasteiger partial charge in [0.1, 0.15) is 11.5 Å². The summed E-state index contributed by atoms with van der Waals surface area (Å²) in [4.78, 5) is 10.2. The van der Waals surface area contributed by atoms with Crippen LogP contribution in [0.4, 0.5) is 5.69 Å². The summed E-state index contributed by atoms with van der Waals surface area (Å²) < 4.78 is 29.9. The van der Waals surface area contributed by atoms with Crippen LogP contribution in [0.25, 0.3) is 0 Å². The molecule has 9 heteroatoms. The summed E-state index contributed by atoms with van der Waals surface area (Å²) in [5.41, 5.74) is 1.30. The molecule has 1 aliphatic heterocycles. The van der Waals surface area contributed by atoms with E-state index in [-0.39, 0.29) is 11.4 Å². The molecule has 132 valence electrons. The molecule has 0 unspecified atom stereocenters. The number of nitro benzene ring substituents is 1. The Kier molecular flexibility index (Phi) is 5.55. The average molecular weight is 397 g/mol. The summed E-state index contributed by atoms with van der Waals surface area (Å²) in [7, 11) is -3.90. The van der Waals surface area contributed by atoms with Crippen molar-refractivity contribution in [1.82, 2.24) is 0 Å². The molecular formula is C16H15NO5S3. The van der Waals surface area contributed by atoms with E-state index in [1.807, 2.05) is 35.7 Å². The third-order valence-electron chi connectivity index (χ3n) is 3.46. The van der Waals surface area contributed by atoms with E-state index in [9.17, 15) is 18.5 Å². The molecule has 0 bridgehead atoms. The zero-order valence-corrected chi connectivity index (χ0v) is 15.5. The topological polar surface area (TPSA) is 86.5 Å². The lowest BCUT2D eigenvalue weighted by atomic mass is 10.2. The van der Waals surface area contributed by atoms with Crippen LogP contribution in [0, 0.1) is 10.1 Å². The standard InChI is InChI=1S/C16H15NO5S3/c18-17(19)14-3-1-2-12(10-14)11-25(20,21)22-15-6-4-13(5-7-15)16-23-8-9-24-16/h1-7,10,16H,8-9,11H2. The van der Waals surface area contributed by atoms with Crippen molar-refractivity contribution in [2.75, 3.05) is 11.5 Å². The van der Waals surface area contributed by atoms with Crippen LogP contribution >= 0.6 is 23.5 Å². The fraction of sp³-hybridized carbons (Fsp3) is 0.250. The van der Waals surface area contributed by atoms with Crippen molar-refractivity contribution in [3.05, 3.63) is 69.8 Å². The van der Waals surface area contributed by atoms with Crippen molar-refractivity contribution in [3.8, 4) is 5.75 Å². The molecule has 6 nitrogen and oxygen atoms in total. The first-order valence-electron chi connectivity index (χ1n) is 7.42. The van der Waals surface area contributed by atoms with Gasteiger partial charge in [-0.05, 0) is 23.3 Å². The van der Waals surface area contributed by atoms with Gasteiger partial charge in [0.2, 0.25) is 0 Å². The zero-order valence-electron chi connectivity index (χ0n) is 13.0. The van der Waals surface area contributed by atoms with Gasteiger partial charge in [-0.2, -0.15) is 8.42 Å². The molecule has 0 atom stereocenters. The molecule has 3 rings (SSSR count). The number of benzene rings is 2. The van der Waals surface area contributed by atoms with Gasteiger partial charge in [-0.15, -0.1) is 23.5 Å². The predicted octanol–water partition coefficient (Wildman–Crippen LogP) is 3.98. The number of nitrogens with zero attached hydrogens (tertiary/aromatic N) is 1. The zero-order chi connectivity index (χ0) is 17.9. The molecule has 0 N–H and O–H groups in total. The highest BCUT2D eigenvalue weighted by Crippen LogP contribution is 2.45. The molecule has 1 fully saturated rings. The van der Waals surface area contributed by atoms with Gasteiger partial charge in [0.15, 0.2) is 0 Å². The highest BCUT2D eigenvalue weighted by Gasteiger charge is 2.19. The van der Waals surface area contributed by atoms with Crippen molar-refractivity contribution >= 4 is 39.3 Å². The second-order valence-corrected chi connectivity index (χ2v) is 9.65. The largest absolute Gasteiger partial charge is 0.382 e. The Hall–Kier alpha value is -1.71. The van der Waals surface area contributed by atoms with Crippen LogP contribution in [0.3, 0.4) is 0 Å². The summed E-state index contributed by atoms with van der Waals surface area (Å²) in [5, 5.41) is 10.8. The molecule has 0 aliphatic carbocycles. The molecule has 2 aromatic carbocycles. The van der Waals surface area contributed by atoms with E-state index in [1.54, 1.807) is 12.1 Å². The first kappa shape index (κ1) is 18.1. The van der Waals surface area contributed by atoms with Gasteiger partial charge >= 0.3 is 10.1 Å². The fourth-order valence-electron chi connectivity index (χ4n) is 2.37. The van der Waals surface area contributed by atoms with Gasteiger partial charge < -0.3 is 4.18 Å². The second kappa shape index (κ2) is 7.67. The predicted molar refractivity (Wildman–Crippen MR) is 100 cm³/mol. The van der Waals surface area contributed by atoms with Crippen LogP contribution in [-0.2, 0) is 15.9 Å². The van der Waals surface area contributed by atoms with E-state index in [2.05, 4.69) is 0 Å². The SMILES string of the molecule is O=[N+]([O-])c1cccc(CS(=O)(=O)Oc2ccc(C3SCCS3)cc2)c1. The first-order valence-corrected chi connectivity index (χ1v) is 11.1. The van der Waals surface area contributed by atoms with E-state index in [0.717, 1.165) is 17.1 Å². The maximum Gasteiger partial charge on any atom is 0.313 e. The summed E-state index contributed by atoms with van der Waals surface area (Å²) in [5.74, 6) is 2.04. The van der Waals surface area contributed by atoms with Gasteiger partial charge in [0, 0.05) is 23.6 Å². The van der Waals surface area contributed by atoms with Crippen LogP contribution in [0.15, 0.2) is 48.5 Å². The minimum atomic E-state index is -3.90. The molecular weight excluding hydrogens is 382 g/mol. The van der Waals surface area contributed by atoms with Crippen LogP contribution in [0.2, 0.25) is 0 Å². The van der Waals surface area contributed by atoms with Crippen molar-refractivity contribution in [1.29, 1.82) is 0 Å². The van der Waals surface area contributed by atoms with Crippen molar-refractivity contribution < 1.29 is 17.5 Å². The Morgan fingerprint density at radius 3 is 2.44 bits per heavy atom. The first-order chi connectivity index (χ1) is 11.9. The molecule has 2 aromatic rings. The maximum absolute atomic E-state index is 12.2. The molecule has 0 aromatic heterocycles. The number of hydrogen-bond acceptors (Lipinski definition) is 7. The number of hydrogen-bond donors (Lipinski definition) is 0. The minimum absolute atomic E-state index is 0.149. The normalized spacial score (nSPS) is 15.2. The Morgan fingerprint density at radius 1 is 1.12 bits per heavy atom. The molecule has 1 heterocycles. The quantitative estimate of drug-likeness (QED) is 0.414. The van der Waals surface area contributed by atoms with Gasteiger partial charge in [-0.25, -0.2) is 0 Å². The number of rotatable bonds is 6. The van der Waals surface area contributed by atoms with E-state index in [0.29, 0.717) is 10.1 Å². The Bertz CT molecular complexity index is 862. The van der Waals surface area contributed by atoms with E-state index < -0.39 is 20.8 Å². The highest BCUT2D eigenvalue weighted by molar-refractivity contribution is 8.19. The molecule has 1 aliphatic rings. The van der Waals surface area contributed by atoms with Gasteiger partial charge in [-0.1, -0.05) is 24.3 Å². The third-order valence-corrected chi connectivity index (χ3v) is 7.70. The number of thioether (sulfide) groups is 2. The van der Waals surface area contributed by atoms with Gasteiger partial charge in [0.25, 0.3) is 5.69 Å². The number of non-ortho nitro benzene ring substituents is 1. The smallest absolute Gasteiger partial charge is 0.313 e. The molecule has 0 spiro atoms. The van der Waals surface area contributed by atoms with Crippen LogP contribution in [0.1, 0.15) is 15.7 Å². The summed E-state index contributed by atoms with van der Waals surface area (Å²) in [6.45, 7) is 0.